The van der Waals surface area contributed by atoms with Gasteiger partial charge in [-0.05, 0) is 18.7 Å². The molecule has 5 heteroatoms. The Labute approximate surface area is 69.5 Å². The van der Waals surface area contributed by atoms with Crippen molar-refractivity contribution in [2.45, 2.75) is 19.8 Å². The Morgan fingerprint density at radius 2 is 2.00 bits per heavy atom. The Morgan fingerprint density at radius 3 is 2.45 bits per heavy atom. The van der Waals surface area contributed by atoms with E-state index >= 15 is 0 Å². The molecule has 0 spiro atoms. The second kappa shape index (κ2) is 6.14. The highest BCUT2D eigenvalue weighted by atomic mass is 31.2. The molecule has 0 heterocycles. The molecule has 0 saturated carbocycles. The van der Waals surface area contributed by atoms with Crippen LogP contribution < -0.4 is 0 Å². The van der Waals surface area contributed by atoms with Gasteiger partial charge in [0.05, 0.1) is 6.16 Å². The summed E-state index contributed by atoms with van der Waals surface area (Å²) in [7, 11) is -2.99. The molecular weight excluding hydrogens is 182 g/mol. The van der Waals surface area contributed by atoms with Crippen molar-refractivity contribution < 1.29 is 14.4 Å². The molecule has 1 unspecified atom stereocenters. The van der Waals surface area contributed by atoms with E-state index in [2.05, 4.69) is 6.92 Å². The van der Waals surface area contributed by atoms with Gasteiger partial charge in [-0.1, -0.05) is 13.3 Å². The largest absolute Gasteiger partial charge is 0.325 e. The summed E-state index contributed by atoms with van der Waals surface area (Å²) in [4.78, 5) is 17.0. The second-order valence-corrected chi connectivity index (χ2v) is 5.77. The highest BCUT2D eigenvalue weighted by Crippen LogP contribution is 2.35. The third-order valence-electron chi connectivity index (χ3n) is 1.29. The first kappa shape index (κ1) is 11.6. The van der Waals surface area contributed by atoms with Crippen LogP contribution in [0.1, 0.15) is 19.8 Å². The predicted octanol–water partition coefficient (Wildman–Crippen LogP) is 1.64. The van der Waals surface area contributed by atoms with E-state index in [0.717, 1.165) is 14.7 Å². The van der Waals surface area contributed by atoms with Gasteiger partial charge in [0.1, 0.15) is 0 Å². The van der Waals surface area contributed by atoms with Crippen LogP contribution in [0.2, 0.25) is 0 Å². The van der Waals surface area contributed by atoms with Gasteiger partial charge in [0.25, 0.3) is 0 Å². The highest BCUT2D eigenvalue weighted by molar-refractivity contribution is 7.53. The minimum Gasteiger partial charge on any atom is -0.324 e. The maximum atomic E-state index is 10.4. The molecular formula is C6H16O3P2. The quantitative estimate of drug-likeness (QED) is 0.503. The zero-order valence-electron chi connectivity index (χ0n) is 6.79. The van der Waals surface area contributed by atoms with E-state index in [1.54, 1.807) is 0 Å². The van der Waals surface area contributed by atoms with Gasteiger partial charge < -0.3 is 9.79 Å². The lowest BCUT2D eigenvalue weighted by atomic mass is 10.4. The molecule has 0 rings (SSSR count). The van der Waals surface area contributed by atoms with Crippen molar-refractivity contribution in [2.75, 3.05) is 18.5 Å². The summed E-state index contributed by atoms with van der Waals surface area (Å²) in [5.74, 6) is 0. The average Bonchev–Trinajstić information content (AvgIpc) is 1.85. The maximum Gasteiger partial charge on any atom is 0.325 e. The fourth-order valence-electron chi connectivity index (χ4n) is 0.651. The van der Waals surface area contributed by atoms with E-state index in [1.807, 2.05) is 0 Å². The molecule has 0 fully saturated rings. The molecule has 2 N–H and O–H groups in total. The van der Waals surface area contributed by atoms with Gasteiger partial charge in [0, 0.05) is 0 Å². The van der Waals surface area contributed by atoms with Gasteiger partial charge in [-0.3, -0.25) is 4.57 Å². The van der Waals surface area contributed by atoms with Crippen molar-refractivity contribution in [1.29, 1.82) is 0 Å². The molecule has 0 aliphatic carbocycles. The monoisotopic (exact) mass is 198 g/mol. The lowest BCUT2D eigenvalue weighted by molar-refractivity contribution is 0.375. The van der Waals surface area contributed by atoms with Crippen molar-refractivity contribution in [3.05, 3.63) is 0 Å². The van der Waals surface area contributed by atoms with Crippen LogP contribution in [0.25, 0.3) is 0 Å². The van der Waals surface area contributed by atoms with E-state index in [9.17, 15) is 4.57 Å². The fourth-order valence-corrected chi connectivity index (χ4v) is 3.30. The lowest BCUT2D eigenvalue weighted by Crippen LogP contribution is -1.90. The zero-order valence-corrected chi connectivity index (χ0v) is 8.68. The van der Waals surface area contributed by atoms with Crippen molar-refractivity contribution >= 4 is 16.2 Å². The van der Waals surface area contributed by atoms with E-state index in [4.69, 9.17) is 9.79 Å². The van der Waals surface area contributed by atoms with E-state index < -0.39 is 7.60 Å². The number of unbranched alkanes of at least 4 members (excludes halogenated alkanes) is 1. The predicted molar refractivity (Wildman–Crippen MR) is 49.9 cm³/mol. The normalized spacial score (nSPS) is 13.0. The van der Waals surface area contributed by atoms with E-state index in [0.29, 0.717) is 6.16 Å². The summed E-state index contributed by atoms with van der Waals surface area (Å²) in [5, 5.41) is 0. The number of hydrogen-bond donors (Lipinski definition) is 2. The molecule has 68 valence electrons. The molecule has 3 nitrogen and oxygen atoms in total. The second-order valence-electron chi connectivity index (χ2n) is 2.49. The van der Waals surface area contributed by atoms with Gasteiger partial charge in [-0.2, -0.15) is 0 Å². The van der Waals surface area contributed by atoms with Crippen LogP contribution in [0.3, 0.4) is 0 Å². The number of hydrogen-bond acceptors (Lipinski definition) is 1. The van der Waals surface area contributed by atoms with E-state index in [-0.39, 0.29) is 6.16 Å². The maximum absolute atomic E-state index is 10.4. The van der Waals surface area contributed by atoms with Gasteiger partial charge in [0.2, 0.25) is 0 Å². The van der Waals surface area contributed by atoms with Gasteiger partial charge in [0.15, 0.2) is 0 Å². The molecule has 0 bridgehead atoms. The minimum absolute atomic E-state index is 0.0646. The summed E-state index contributed by atoms with van der Waals surface area (Å²) in [5.41, 5.74) is 0. The third kappa shape index (κ3) is 10.6. The summed E-state index contributed by atoms with van der Waals surface area (Å²) < 4.78 is 10.4. The highest BCUT2D eigenvalue weighted by Gasteiger charge is 2.10. The minimum atomic E-state index is -3.71. The Balaban J connectivity index is 3.09. The Hall–Kier alpha value is 0.580. The third-order valence-corrected chi connectivity index (χ3v) is 3.82. The van der Waals surface area contributed by atoms with Crippen molar-refractivity contribution in [3.63, 3.8) is 0 Å². The molecule has 1 atom stereocenters. The van der Waals surface area contributed by atoms with Crippen molar-refractivity contribution in [2.24, 2.45) is 0 Å². The Kier molecular flexibility index (Phi) is 6.46. The molecule has 11 heavy (non-hydrogen) atoms. The Bertz CT molecular complexity index is 132. The summed E-state index contributed by atoms with van der Waals surface area (Å²) in [6.45, 7) is 2.12. The summed E-state index contributed by atoms with van der Waals surface area (Å²) >= 11 is 0. The van der Waals surface area contributed by atoms with Crippen molar-refractivity contribution in [1.82, 2.24) is 0 Å². The molecule has 0 aromatic heterocycles. The van der Waals surface area contributed by atoms with Gasteiger partial charge in [-0.25, -0.2) is 0 Å². The van der Waals surface area contributed by atoms with Crippen LogP contribution in [0.4, 0.5) is 0 Å². The summed E-state index contributed by atoms with van der Waals surface area (Å²) in [6.07, 6.45) is 4.22. The molecule has 0 aliphatic rings. The van der Waals surface area contributed by atoms with Gasteiger partial charge >= 0.3 is 7.60 Å². The van der Waals surface area contributed by atoms with Crippen molar-refractivity contribution in [3.8, 4) is 0 Å². The molecule has 0 aliphatic heterocycles. The fraction of sp³-hybridized carbons (Fsp3) is 1.00. The van der Waals surface area contributed by atoms with Crippen LogP contribution in [0.5, 0.6) is 0 Å². The molecule has 0 amide bonds. The van der Waals surface area contributed by atoms with Crippen LogP contribution >= 0.6 is 16.2 Å². The first-order valence-electron chi connectivity index (χ1n) is 3.81. The van der Waals surface area contributed by atoms with Crippen LogP contribution in [-0.4, -0.2) is 28.3 Å². The molecule has 0 aromatic carbocycles. The molecule has 0 radical (unpaired) electrons. The number of rotatable bonds is 6. The van der Waals surface area contributed by atoms with Crippen LogP contribution in [-0.2, 0) is 4.57 Å². The van der Waals surface area contributed by atoms with Crippen LogP contribution in [0.15, 0.2) is 0 Å². The Morgan fingerprint density at radius 1 is 1.36 bits per heavy atom. The lowest BCUT2D eigenvalue weighted by Gasteiger charge is -2.02. The first-order valence-corrected chi connectivity index (χ1v) is 7.02. The SMILES string of the molecule is CCCCPCCP(=O)(O)O. The van der Waals surface area contributed by atoms with Crippen LogP contribution in [0, 0.1) is 0 Å². The summed E-state index contributed by atoms with van der Waals surface area (Å²) in [6, 6.07) is 0. The average molecular weight is 198 g/mol. The zero-order chi connectivity index (χ0) is 8.74. The topological polar surface area (TPSA) is 57.5 Å². The smallest absolute Gasteiger partial charge is 0.324 e. The first-order chi connectivity index (χ1) is 5.06. The molecule has 0 aromatic rings. The molecule has 0 saturated heterocycles. The van der Waals surface area contributed by atoms with E-state index in [1.165, 1.54) is 12.8 Å². The standard InChI is InChI=1S/C6H16O3P2/c1-2-3-4-10-5-6-11(7,8)9/h10H,2-6H2,1H3,(H2,7,8,9). The van der Waals surface area contributed by atoms with Gasteiger partial charge in [-0.15, -0.1) is 8.58 Å².